The molecule has 3 aromatic carbocycles. The van der Waals surface area contributed by atoms with Gasteiger partial charge in [-0.3, -0.25) is 4.79 Å². The number of ether oxygens (including phenoxy) is 1. The predicted octanol–water partition coefficient (Wildman–Crippen LogP) is 6.45. The van der Waals surface area contributed by atoms with E-state index in [1.165, 1.54) is 6.21 Å². The predicted molar refractivity (Wildman–Crippen MR) is 127 cm³/mol. The van der Waals surface area contributed by atoms with E-state index < -0.39 is 0 Å². The molecule has 160 valence electrons. The molecular formula is C25H18Cl2N2O3. The first kappa shape index (κ1) is 21.7. The van der Waals surface area contributed by atoms with E-state index in [9.17, 15) is 4.79 Å². The highest BCUT2D eigenvalue weighted by atomic mass is 35.5. The lowest BCUT2D eigenvalue weighted by Crippen LogP contribution is -2.24. The molecule has 0 atom stereocenters. The van der Waals surface area contributed by atoms with Gasteiger partial charge in [0.05, 0.1) is 6.21 Å². The third-order valence-electron chi connectivity index (χ3n) is 4.49. The largest absolute Gasteiger partial charge is 0.484 e. The zero-order chi connectivity index (χ0) is 22.3. The van der Waals surface area contributed by atoms with Crippen LogP contribution < -0.4 is 10.2 Å². The normalized spacial score (nSPS) is 10.9. The number of carbonyl (C=O) groups excluding carboxylic acids is 1. The van der Waals surface area contributed by atoms with Gasteiger partial charge in [-0.05, 0) is 53.6 Å². The number of benzene rings is 3. The smallest absolute Gasteiger partial charge is 0.277 e. The van der Waals surface area contributed by atoms with Crippen molar-refractivity contribution in [3.05, 3.63) is 101 Å². The molecule has 0 saturated heterocycles. The van der Waals surface area contributed by atoms with Crippen molar-refractivity contribution in [1.82, 2.24) is 5.43 Å². The number of halogens is 2. The van der Waals surface area contributed by atoms with Crippen molar-refractivity contribution in [2.24, 2.45) is 5.10 Å². The first-order chi connectivity index (χ1) is 15.6. The summed E-state index contributed by atoms with van der Waals surface area (Å²) in [5.41, 5.74) is 5.35. The zero-order valence-corrected chi connectivity index (χ0v) is 18.3. The second kappa shape index (κ2) is 10.2. The van der Waals surface area contributed by atoms with Gasteiger partial charge in [0.2, 0.25) is 0 Å². The molecule has 1 amide bonds. The Bertz CT molecular complexity index is 1220. The van der Waals surface area contributed by atoms with E-state index >= 15 is 0 Å². The average molecular weight is 465 g/mol. The van der Waals surface area contributed by atoms with Gasteiger partial charge in [-0.25, -0.2) is 5.43 Å². The third-order valence-corrected chi connectivity index (χ3v) is 4.92. The minimum absolute atomic E-state index is 0.160. The maximum absolute atomic E-state index is 12.0. The maximum atomic E-state index is 12.0. The standard InChI is InChI=1S/C25H18Cl2N2O3/c26-20-12-19(13-21(27)14-20)24-11-10-23(32-24)15-28-29-25(30)16-31-22-8-6-18(7-9-22)17-4-2-1-3-5-17/h1-15H,16H2,(H,29,30)/b28-15-. The number of rotatable bonds is 7. The molecule has 4 rings (SSSR count). The van der Waals surface area contributed by atoms with E-state index in [0.29, 0.717) is 27.3 Å². The van der Waals surface area contributed by atoms with Crippen molar-refractivity contribution < 1.29 is 13.9 Å². The monoisotopic (exact) mass is 464 g/mol. The van der Waals surface area contributed by atoms with Crippen LogP contribution in [0, 0.1) is 0 Å². The molecule has 0 unspecified atom stereocenters. The molecule has 0 aliphatic carbocycles. The van der Waals surface area contributed by atoms with E-state index in [0.717, 1.165) is 16.7 Å². The summed E-state index contributed by atoms with van der Waals surface area (Å²) in [4.78, 5) is 12.0. The Hall–Kier alpha value is -3.54. The summed E-state index contributed by atoms with van der Waals surface area (Å²) >= 11 is 12.0. The molecule has 1 N–H and O–H groups in total. The van der Waals surface area contributed by atoms with Gasteiger partial charge in [0.15, 0.2) is 6.61 Å². The summed E-state index contributed by atoms with van der Waals surface area (Å²) < 4.78 is 11.2. The van der Waals surface area contributed by atoms with Crippen LogP contribution in [0.15, 0.2) is 94.4 Å². The van der Waals surface area contributed by atoms with Gasteiger partial charge in [-0.1, -0.05) is 65.7 Å². The fourth-order valence-electron chi connectivity index (χ4n) is 3.00. The number of nitrogens with one attached hydrogen (secondary N) is 1. The molecule has 0 bridgehead atoms. The van der Waals surface area contributed by atoms with E-state index in [2.05, 4.69) is 10.5 Å². The van der Waals surface area contributed by atoms with Gasteiger partial charge in [0, 0.05) is 15.6 Å². The average Bonchev–Trinajstić information content (AvgIpc) is 3.27. The molecule has 0 saturated carbocycles. The van der Waals surface area contributed by atoms with E-state index in [-0.39, 0.29) is 12.5 Å². The van der Waals surface area contributed by atoms with Crippen LogP contribution in [0.2, 0.25) is 10.0 Å². The van der Waals surface area contributed by atoms with Gasteiger partial charge >= 0.3 is 0 Å². The molecule has 0 aliphatic rings. The summed E-state index contributed by atoms with van der Waals surface area (Å²) in [5, 5.41) is 4.93. The van der Waals surface area contributed by atoms with Gasteiger partial charge in [0.1, 0.15) is 17.3 Å². The fraction of sp³-hybridized carbons (Fsp3) is 0.0400. The molecule has 4 aromatic rings. The second-order valence-corrected chi connectivity index (χ2v) is 7.71. The number of hydrogen-bond donors (Lipinski definition) is 1. The Morgan fingerprint density at radius 3 is 2.28 bits per heavy atom. The second-order valence-electron chi connectivity index (χ2n) is 6.83. The Morgan fingerprint density at radius 2 is 1.56 bits per heavy atom. The van der Waals surface area contributed by atoms with Gasteiger partial charge < -0.3 is 9.15 Å². The molecule has 0 aliphatic heterocycles. The van der Waals surface area contributed by atoms with E-state index in [4.69, 9.17) is 32.4 Å². The lowest BCUT2D eigenvalue weighted by Gasteiger charge is -2.06. The van der Waals surface area contributed by atoms with Crippen LogP contribution in [-0.2, 0) is 4.79 Å². The van der Waals surface area contributed by atoms with E-state index in [1.54, 1.807) is 30.3 Å². The summed E-state index contributed by atoms with van der Waals surface area (Å²) in [6, 6.07) is 26.2. The van der Waals surface area contributed by atoms with Gasteiger partial charge in [-0.15, -0.1) is 0 Å². The first-order valence-electron chi connectivity index (χ1n) is 9.73. The SMILES string of the molecule is O=C(COc1ccc(-c2ccccc2)cc1)N/N=C\c1ccc(-c2cc(Cl)cc(Cl)c2)o1. The molecule has 5 nitrogen and oxygen atoms in total. The number of carbonyl (C=O) groups is 1. The highest BCUT2D eigenvalue weighted by Gasteiger charge is 2.07. The first-order valence-corrected chi connectivity index (χ1v) is 10.5. The maximum Gasteiger partial charge on any atom is 0.277 e. The highest BCUT2D eigenvalue weighted by Crippen LogP contribution is 2.28. The summed E-state index contributed by atoms with van der Waals surface area (Å²) in [6.07, 6.45) is 1.40. The van der Waals surface area contributed by atoms with Crippen LogP contribution in [0.3, 0.4) is 0 Å². The van der Waals surface area contributed by atoms with Crippen LogP contribution in [0.4, 0.5) is 0 Å². The quantitative estimate of drug-likeness (QED) is 0.252. The van der Waals surface area contributed by atoms with Crippen LogP contribution >= 0.6 is 23.2 Å². The number of hydrazone groups is 1. The van der Waals surface area contributed by atoms with Gasteiger partial charge in [0.25, 0.3) is 5.91 Å². The topological polar surface area (TPSA) is 63.8 Å². The van der Waals surface area contributed by atoms with Crippen molar-refractivity contribution in [1.29, 1.82) is 0 Å². The fourth-order valence-corrected chi connectivity index (χ4v) is 3.52. The number of nitrogens with zero attached hydrogens (tertiary/aromatic N) is 1. The Balaban J connectivity index is 1.27. The molecule has 0 spiro atoms. The lowest BCUT2D eigenvalue weighted by atomic mass is 10.1. The molecule has 32 heavy (non-hydrogen) atoms. The molecule has 0 fully saturated rings. The molecule has 0 radical (unpaired) electrons. The minimum atomic E-state index is -0.387. The molecule has 7 heteroatoms. The Kier molecular flexibility index (Phi) is 6.90. The molecule has 1 heterocycles. The molecule has 1 aromatic heterocycles. The van der Waals surface area contributed by atoms with Crippen molar-refractivity contribution in [3.63, 3.8) is 0 Å². The third kappa shape index (κ3) is 5.78. The van der Waals surface area contributed by atoms with Gasteiger partial charge in [-0.2, -0.15) is 5.10 Å². The van der Waals surface area contributed by atoms with Crippen molar-refractivity contribution in [2.75, 3.05) is 6.61 Å². The summed E-state index contributed by atoms with van der Waals surface area (Å²) in [7, 11) is 0. The number of hydrogen-bond acceptors (Lipinski definition) is 4. The number of furan rings is 1. The van der Waals surface area contributed by atoms with Crippen molar-refractivity contribution in [2.45, 2.75) is 0 Å². The van der Waals surface area contributed by atoms with Crippen molar-refractivity contribution in [3.8, 4) is 28.2 Å². The Morgan fingerprint density at radius 1 is 0.875 bits per heavy atom. The van der Waals surface area contributed by atoms with Crippen LogP contribution in [-0.4, -0.2) is 18.7 Å². The summed E-state index contributed by atoms with van der Waals surface area (Å²) in [6.45, 7) is -0.160. The Labute approximate surface area is 195 Å². The van der Waals surface area contributed by atoms with Crippen molar-refractivity contribution >= 4 is 35.3 Å². The minimum Gasteiger partial charge on any atom is -0.484 e. The summed E-state index contributed by atoms with van der Waals surface area (Å²) in [5.74, 6) is 1.26. The van der Waals surface area contributed by atoms with Crippen LogP contribution in [0.25, 0.3) is 22.5 Å². The van der Waals surface area contributed by atoms with E-state index in [1.807, 2.05) is 54.6 Å². The molecular weight excluding hydrogens is 447 g/mol. The van der Waals surface area contributed by atoms with Crippen LogP contribution in [0.1, 0.15) is 5.76 Å². The van der Waals surface area contributed by atoms with Crippen LogP contribution in [0.5, 0.6) is 5.75 Å². The lowest BCUT2D eigenvalue weighted by molar-refractivity contribution is -0.123. The highest BCUT2D eigenvalue weighted by molar-refractivity contribution is 6.35. The zero-order valence-electron chi connectivity index (χ0n) is 16.8. The number of amides is 1.